The molecule has 0 bridgehead atoms. The van der Waals surface area contributed by atoms with Crippen LogP contribution in [0.15, 0.2) is 30.6 Å². The van der Waals surface area contributed by atoms with E-state index < -0.39 is 5.60 Å². The zero-order chi connectivity index (χ0) is 22.4. The third-order valence-electron chi connectivity index (χ3n) is 5.45. The number of nitrogens with zero attached hydrogens (tertiary/aromatic N) is 2. The first kappa shape index (κ1) is 22.8. The fourth-order valence-electron chi connectivity index (χ4n) is 3.83. The molecule has 1 fully saturated rings. The Morgan fingerprint density at radius 1 is 1.10 bits per heavy atom. The Bertz CT molecular complexity index is 869. The number of alkyl carbamates (subject to hydrolysis) is 1. The molecule has 0 aliphatic heterocycles. The Hall–Kier alpha value is -2.83. The summed E-state index contributed by atoms with van der Waals surface area (Å²) < 4.78 is 11.0. The molecule has 0 saturated heterocycles. The molecule has 0 spiro atoms. The minimum atomic E-state index is -0.473. The second kappa shape index (κ2) is 9.98. The van der Waals surface area contributed by atoms with Gasteiger partial charge in [0, 0.05) is 18.2 Å². The molecule has 1 amide bonds. The first-order valence-corrected chi connectivity index (χ1v) is 10.9. The number of hydrogen-bond donors (Lipinski definition) is 2. The summed E-state index contributed by atoms with van der Waals surface area (Å²) >= 11 is 0. The largest absolute Gasteiger partial charge is 0.491 e. The van der Waals surface area contributed by atoms with Crippen LogP contribution in [-0.4, -0.2) is 41.4 Å². The number of rotatable bonds is 6. The van der Waals surface area contributed by atoms with Crippen LogP contribution >= 0.6 is 0 Å². The van der Waals surface area contributed by atoms with Crippen LogP contribution in [0.5, 0.6) is 5.75 Å². The Morgan fingerprint density at radius 3 is 2.39 bits per heavy atom. The number of hydrogen-bond acceptors (Lipinski definition) is 6. The molecule has 31 heavy (non-hydrogen) atoms. The zero-order valence-corrected chi connectivity index (χ0v) is 19.2. The maximum atomic E-state index is 11.9. The summed E-state index contributed by atoms with van der Waals surface area (Å²) in [6.45, 7) is 8.32. The van der Waals surface area contributed by atoms with Gasteiger partial charge in [-0.2, -0.15) is 0 Å². The fourth-order valence-corrected chi connectivity index (χ4v) is 3.83. The van der Waals surface area contributed by atoms with Crippen molar-refractivity contribution in [3.8, 4) is 17.0 Å². The van der Waals surface area contributed by atoms with Crippen LogP contribution in [0.1, 0.15) is 52.0 Å². The topological polar surface area (TPSA) is 85.4 Å². The first-order valence-electron chi connectivity index (χ1n) is 10.9. The number of anilines is 1. The summed E-state index contributed by atoms with van der Waals surface area (Å²) in [7, 11) is 1.65. The summed E-state index contributed by atoms with van der Waals surface area (Å²) in [5, 5.41) is 6.45. The lowest BCUT2D eigenvalue weighted by Crippen LogP contribution is -2.37. The van der Waals surface area contributed by atoms with Crippen molar-refractivity contribution in [2.75, 3.05) is 19.0 Å². The van der Waals surface area contributed by atoms with Gasteiger partial charge in [0.05, 0.1) is 7.11 Å². The van der Waals surface area contributed by atoms with E-state index in [1.54, 1.807) is 13.4 Å². The van der Waals surface area contributed by atoms with Gasteiger partial charge < -0.3 is 20.1 Å². The molecule has 3 rings (SSSR count). The predicted octanol–water partition coefficient (Wildman–Crippen LogP) is 4.96. The molecule has 1 saturated carbocycles. The van der Waals surface area contributed by atoms with Crippen molar-refractivity contribution in [1.82, 2.24) is 15.3 Å². The monoisotopic (exact) mass is 426 g/mol. The first-order chi connectivity index (χ1) is 14.7. The molecule has 1 heterocycles. The second-order valence-electron chi connectivity index (χ2n) is 9.21. The van der Waals surface area contributed by atoms with Crippen LogP contribution in [0, 0.1) is 12.8 Å². The number of carbonyl (C=O) groups excluding carboxylic acids is 1. The van der Waals surface area contributed by atoms with Crippen molar-refractivity contribution in [2.24, 2.45) is 5.92 Å². The van der Waals surface area contributed by atoms with Crippen LogP contribution in [0.4, 0.5) is 10.6 Å². The normalized spacial score (nSPS) is 18.9. The molecule has 0 atom stereocenters. The minimum Gasteiger partial charge on any atom is -0.491 e. The van der Waals surface area contributed by atoms with Gasteiger partial charge in [-0.15, -0.1) is 0 Å². The van der Waals surface area contributed by atoms with Crippen molar-refractivity contribution in [3.05, 3.63) is 36.2 Å². The third kappa shape index (κ3) is 6.57. The number of ether oxygens (including phenoxy) is 2. The molecular weight excluding hydrogens is 392 g/mol. The van der Waals surface area contributed by atoms with E-state index in [0.717, 1.165) is 42.8 Å². The molecule has 2 aromatic rings. The Kier molecular flexibility index (Phi) is 7.36. The number of aryl methyl sites for hydroxylation is 1. The number of amides is 1. The van der Waals surface area contributed by atoms with E-state index in [4.69, 9.17) is 9.47 Å². The molecule has 1 aliphatic rings. The molecule has 0 unspecified atom stereocenters. The lowest BCUT2D eigenvalue weighted by atomic mass is 9.86. The highest BCUT2D eigenvalue weighted by Gasteiger charge is 2.24. The van der Waals surface area contributed by atoms with E-state index in [9.17, 15) is 4.79 Å². The van der Waals surface area contributed by atoms with E-state index in [1.165, 1.54) is 5.56 Å². The standard InChI is InChI=1S/C24H34N4O3/c1-16-6-10-18(11-7-16)20-21(30-5)22(27-15-26-20)28-19-12-8-17(9-13-19)14-25-23(29)31-24(2,3)4/h6-7,10-11,15,17,19H,8-9,12-14H2,1-5H3,(H,25,29)(H,26,27,28). The van der Waals surface area contributed by atoms with Crippen molar-refractivity contribution >= 4 is 11.9 Å². The summed E-state index contributed by atoms with van der Waals surface area (Å²) in [6.07, 6.45) is 5.32. The molecule has 1 aromatic carbocycles. The second-order valence-corrected chi connectivity index (χ2v) is 9.21. The third-order valence-corrected chi connectivity index (χ3v) is 5.45. The van der Waals surface area contributed by atoms with Crippen molar-refractivity contribution in [2.45, 2.75) is 65.0 Å². The minimum absolute atomic E-state index is 0.312. The average molecular weight is 427 g/mol. The highest BCUT2D eigenvalue weighted by molar-refractivity contribution is 5.72. The summed E-state index contributed by atoms with van der Waals surface area (Å²) in [5.74, 6) is 1.85. The number of aromatic nitrogens is 2. The maximum absolute atomic E-state index is 11.9. The van der Waals surface area contributed by atoms with Crippen molar-refractivity contribution < 1.29 is 14.3 Å². The summed E-state index contributed by atoms with van der Waals surface area (Å²) in [4.78, 5) is 20.8. The molecule has 0 radical (unpaired) electrons. The predicted molar refractivity (Wildman–Crippen MR) is 122 cm³/mol. The van der Waals surface area contributed by atoms with Crippen molar-refractivity contribution in [1.29, 1.82) is 0 Å². The van der Waals surface area contributed by atoms with Crippen LogP contribution in [-0.2, 0) is 4.74 Å². The van der Waals surface area contributed by atoms with Crippen LogP contribution in [0.3, 0.4) is 0 Å². The maximum Gasteiger partial charge on any atom is 0.407 e. The number of benzene rings is 1. The molecule has 1 aliphatic carbocycles. The molecule has 1 aromatic heterocycles. The van der Waals surface area contributed by atoms with Gasteiger partial charge >= 0.3 is 6.09 Å². The smallest absolute Gasteiger partial charge is 0.407 e. The zero-order valence-electron chi connectivity index (χ0n) is 19.2. The van der Waals surface area contributed by atoms with Gasteiger partial charge in [-0.25, -0.2) is 14.8 Å². The molecular formula is C24H34N4O3. The Labute approximate surface area is 185 Å². The SMILES string of the molecule is COc1c(NC2CCC(CNC(=O)OC(C)(C)C)CC2)ncnc1-c1ccc(C)cc1. The average Bonchev–Trinajstić information content (AvgIpc) is 2.72. The van der Waals surface area contributed by atoms with E-state index in [2.05, 4.69) is 39.7 Å². The lowest BCUT2D eigenvalue weighted by Gasteiger charge is -2.30. The van der Waals surface area contributed by atoms with Gasteiger partial charge in [0.25, 0.3) is 0 Å². The van der Waals surface area contributed by atoms with Crippen LogP contribution in [0.2, 0.25) is 0 Å². The van der Waals surface area contributed by atoms with Gasteiger partial charge in [-0.05, 0) is 59.3 Å². The molecule has 7 heteroatoms. The fraction of sp³-hybridized carbons (Fsp3) is 0.542. The molecule has 168 valence electrons. The number of carbonyl (C=O) groups is 1. The van der Waals surface area contributed by atoms with Gasteiger partial charge in [0.15, 0.2) is 11.6 Å². The Morgan fingerprint density at radius 2 is 1.77 bits per heavy atom. The Balaban J connectivity index is 1.56. The van der Waals surface area contributed by atoms with Gasteiger partial charge in [0.1, 0.15) is 17.6 Å². The van der Waals surface area contributed by atoms with Gasteiger partial charge in [0.2, 0.25) is 0 Å². The number of methoxy groups -OCH3 is 1. The van der Waals surface area contributed by atoms with E-state index in [0.29, 0.717) is 24.3 Å². The van der Waals surface area contributed by atoms with E-state index in [-0.39, 0.29) is 6.09 Å². The van der Waals surface area contributed by atoms with Crippen molar-refractivity contribution in [3.63, 3.8) is 0 Å². The lowest BCUT2D eigenvalue weighted by molar-refractivity contribution is 0.0515. The highest BCUT2D eigenvalue weighted by Crippen LogP contribution is 2.35. The van der Waals surface area contributed by atoms with Gasteiger partial charge in [-0.3, -0.25) is 0 Å². The summed E-state index contributed by atoms with van der Waals surface area (Å²) in [6, 6.07) is 8.54. The van der Waals surface area contributed by atoms with Crippen LogP contribution < -0.4 is 15.4 Å². The van der Waals surface area contributed by atoms with E-state index in [1.807, 2.05) is 32.9 Å². The quantitative estimate of drug-likeness (QED) is 0.679. The molecule has 7 nitrogen and oxygen atoms in total. The van der Waals surface area contributed by atoms with E-state index >= 15 is 0 Å². The van der Waals surface area contributed by atoms with Gasteiger partial charge in [-0.1, -0.05) is 29.8 Å². The number of nitrogens with one attached hydrogen (secondary N) is 2. The van der Waals surface area contributed by atoms with Crippen LogP contribution in [0.25, 0.3) is 11.3 Å². The highest BCUT2D eigenvalue weighted by atomic mass is 16.6. The summed E-state index contributed by atoms with van der Waals surface area (Å²) in [5.41, 5.74) is 2.52. The molecule has 2 N–H and O–H groups in total.